The van der Waals surface area contributed by atoms with Crippen molar-refractivity contribution in [2.75, 3.05) is 6.54 Å². The summed E-state index contributed by atoms with van der Waals surface area (Å²) in [6.07, 6.45) is 10.1. The lowest BCUT2D eigenvalue weighted by molar-refractivity contribution is 0.328. The summed E-state index contributed by atoms with van der Waals surface area (Å²) in [6, 6.07) is 9.32. The average Bonchev–Trinajstić information content (AvgIpc) is 2.44. The third-order valence-corrected chi connectivity index (χ3v) is 4.51. The molecule has 1 atom stereocenters. The first kappa shape index (κ1) is 14.6. The van der Waals surface area contributed by atoms with Gasteiger partial charge in [0.25, 0.3) is 0 Å². The second kappa shape index (κ2) is 7.69. The number of aryl methyl sites for hydroxylation is 1. The molecule has 19 heavy (non-hydrogen) atoms. The van der Waals surface area contributed by atoms with Crippen LogP contribution in [0.2, 0.25) is 0 Å². The molecule has 0 bridgehead atoms. The zero-order valence-corrected chi connectivity index (χ0v) is 12.6. The molecule has 0 amide bonds. The van der Waals surface area contributed by atoms with Crippen molar-refractivity contribution >= 4 is 0 Å². The van der Waals surface area contributed by atoms with Crippen LogP contribution in [0.3, 0.4) is 0 Å². The number of rotatable bonds is 6. The zero-order valence-electron chi connectivity index (χ0n) is 12.6. The Kier molecular flexibility index (Phi) is 5.91. The summed E-state index contributed by atoms with van der Waals surface area (Å²) >= 11 is 0. The Morgan fingerprint density at radius 2 is 2.00 bits per heavy atom. The summed E-state index contributed by atoms with van der Waals surface area (Å²) < 4.78 is 0. The topological polar surface area (TPSA) is 12.0 Å². The average molecular weight is 259 g/mol. The number of hydrogen-bond acceptors (Lipinski definition) is 1. The van der Waals surface area contributed by atoms with Crippen LogP contribution in [0.4, 0.5) is 0 Å². The van der Waals surface area contributed by atoms with Gasteiger partial charge in [-0.15, -0.1) is 0 Å². The molecule has 0 heterocycles. The van der Waals surface area contributed by atoms with Gasteiger partial charge >= 0.3 is 0 Å². The van der Waals surface area contributed by atoms with Gasteiger partial charge in [-0.1, -0.05) is 61.9 Å². The van der Waals surface area contributed by atoms with Crippen molar-refractivity contribution in [3.05, 3.63) is 35.4 Å². The largest absolute Gasteiger partial charge is 0.310 e. The van der Waals surface area contributed by atoms with Crippen LogP contribution < -0.4 is 5.32 Å². The Hall–Kier alpha value is -0.820. The van der Waals surface area contributed by atoms with Crippen LogP contribution in [0.15, 0.2) is 24.3 Å². The molecule has 1 aromatic carbocycles. The summed E-state index contributed by atoms with van der Waals surface area (Å²) in [6.45, 7) is 5.60. The second-order valence-electron chi connectivity index (χ2n) is 6.24. The second-order valence-corrected chi connectivity index (χ2v) is 6.24. The van der Waals surface area contributed by atoms with E-state index in [1.807, 2.05) is 0 Å². The summed E-state index contributed by atoms with van der Waals surface area (Å²) in [7, 11) is 0. The lowest BCUT2D eigenvalue weighted by atomic mass is 9.86. The van der Waals surface area contributed by atoms with E-state index in [4.69, 9.17) is 0 Å². The first-order valence-electron chi connectivity index (χ1n) is 8.05. The lowest BCUT2D eigenvalue weighted by Gasteiger charge is -2.22. The van der Waals surface area contributed by atoms with Crippen LogP contribution in [-0.4, -0.2) is 6.54 Å². The van der Waals surface area contributed by atoms with Gasteiger partial charge in [-0.2, -0.15) is 0 Å². The molecule has 0 aromatic heterocycles. The maximum atomic E-state index is 3.67. The van der Waals surface area contributed by atoms with E-state index >= 15 is 0 Å². The van der Waals surface area contributed by atoms with Crippen LogP contribution in [0, 0.1) is 12.8 Å². The fourth-order valence-electron chi connectivity index (χ4n) is 3.24. The predicted octanol–water partition coefficient (Wildman–Crippen LogP) is 5.01. The molecule has 1 saturated carbocycles. The highest BCUT2D eigenvalue weighted by Gasteiger charge is 2.12. The van der Waals surface area contributed by atoms with Crippen molar-refractivity contribution in [3.63, 3.8) is 0 Å². The first-order chi connectivity index (χ1) is 9.25. The summed E-state index contributed by atoms with van der Waals surface area (Å²) in [5.41, 5.74) is 2.77. The van der Waals surface area contributed by atoms with Gasteiger partial charge < -0.3 is 5.32 Å². The van der Waals surface area contributed by atoms with E-state index in [2.05, 4.69) is 43.4 Å². The van der Waals surface area contributed by atoms with Crippen LogP contribution in [0.25, 0.3) is 0 Å². The fraction of sp³-hybridized carbons (Fsp3) is 0.667. The Labute approximate surface area is 118 Å². The maximum absolute atomic E-state index is 3.67. The van der Waals surface area contributed by atoms with E-state index in [0.717, 1.165) is 12.5 Å². The molecule has 106 valence electrons. The van der Waals surface area contributed by atoms with E-state index in [-0.39, 0.29) is 0 Å². The molecule has 1 aliphatic carbocycles. The van der Waals surface area contributed by atoms with Gasteiger partial charge in [-0.25, -0.2) is 0 Å². The van der Waals surface area contributed by atoms with Crippen molar-refractivity contribution in [3.8, 4) is 0 Å². The van der Waals surface area contributed by atoms with Gasteiger partial charge in [0.2, 0.25) is 0 Å². The van der Waals surface area contributed by atoms with Crippen molar-refractivity contribution in [1.29, 1.82) is 0 Å². The monoisotopic (exact) mass is 259 g/mol. The van der Waals surface area contributed by atoms with Crippen LogP contribution in [-0.2, 0) is 0 Å². The van der Waals surface area contributed by atoms with Gasteiger partial charge in [0.1, 0.15) is 0 Å². The van der Waals surface area contributed by atoms with Gasteiger partial charge in [0, 0.05) is 6.04 Å². The predicted molar refractivity (Wildman–Crippen MR) is 83.4 cm³/mol. The Bertz CT molecular complexity index is 366. The Balaban J connectivity index is 1.64. The van der Waals surface area contributed by atoms with E-state index in [9.17, 15) is 0 Å². The fourth-order valence-corrected chi connectivity index (χ4v) is 3.24. The minimum atomic E-state index is 0.478. The van der Waals surface area contributed by atoms with Gasteiger partial charge in [-0.05, 0) is 44.7 Å². The van der Waals surface area contributed by atoms with E-state index in [1.54, 1.807) is 0 Å². The van der Waals surface area contributed by atoms with E-state index in [0.29, 0.717) is 6.04 Å². The van der Waals surface area contributed by atoms with Crippen LogP contribution in [0.5, 0.6) is 0 Å². The number of nitrogens with one attached hydrogen (secondary N) is 1. The third kappa shape index (κ3) is 4.99. The molecule has 0 saturated heterocycles. The Morgan fingerprint density at radius 1 is 1.21 bits per heavy atom. The standard InChI is InChI=1S/C18H29N/c1-15-8-6-12-18(14-15)16(2)19-13-7-11-17-9-4-3-5-10-17/h6,8,12,14,16-17,19H,3-5,7,9-11,13H2,1-2H3. The van der Waals surface area contributed by atoms with E-state index < -0.39 is 0 Å². The number of hydrogen-bond donors (Lipinski definition) is 1. The summed E-state index contributed by atoms with van der Waals surface area (Å²) in [5, 5.41) is 3.67. The van der Waals surface area contributed by atoms with Crippen LogP contribution in [0.1, 0.15) is 69.0 Å². The quantitative estimate of drug-likeness (QED) is 0.708. The van der Waals surface area contributed by atoms with Crippen LogP contribution >= 0.6 is 0 Å². The van der Waals surface area contributed by atoms with Crippen molar-refractivity contribution < 1.29 is 0 Å². The zero-order chi connectivity index (χ0) is 13.5. The van der Waals surface area contributed by atoms with Gasteiger partial charge in [-0.3, -0.25) is 0 Å². The summed E-state index contributed by atoms with van der Waals surface area (Å²) in [5.74, 6) is 1.02. The normalized spacial score (nSPS) is 18.4. The Morgan fingerprint density at radius 3 is 2.74 bits per heavy atom. The molecular weight excluding hydrogens is 230 g/mol. The molecule has 1 aromatic rings. The molecule has 2 rings (SSSR count). The number of benzene rings is 1. The van der Waals surface area contributed by atoms with E-state index in [1.165, 1.54) is 56.1 Å². The SMILES string of the molecule is Cc1cccc(C(C)NCCCC2CCCCC2)c1. The molecule has 1 unspecified atom stereocenters. The minimum absolute atomic E-state index is 0.478. The van der Waals surface area contributed by atoms with Crippen molar-refractivity contribution in [2.24, 2.45) is 5.92 Å². The molecule has 0 spiro atoms. The molecule has 1 aliphatic rings. The molecule has 0 aliphatic heterocycles. The van der Waals surface area contributed by atoms with Gasteiger partial charge in [0.05, 0.1) is 0 Å². The molecule has 1 heteroatoms. The highest BCUT2D eigenvalue weighted by Crippen LogP contribution is 2.27. The molecule has 1 fully saturated rings. The molecule has 1 nitrogen and oxygen atoms in total. The summed E-state index contributed by atoms with van der Waals surface area (Å²) in [4.78, 5) is 0. The smallest absolute Gasteiger partial charge is 0.0291 e. The first-order valence-corrected chi connectivity index (χ1v) is 8.05. The lowest BCUT2D eigenvalue weighted by Crippen LogP contribution is -2.20. The van der Waals surface area contributed by atoms with Gasteiger partial charge in [0.15, 0.2) is 0 Å². The maximum Gasteiger partial charge on any atom is 0.0291 e. The highest BCUT2D eigenvalue weighted by atomic mass is 14.9. The molecule has 0 radical (unpaired) electrons. The third-order valence-electron chi connectivity index (χ3n) is 4.51. The minimum Gasteiger partial charge on any atom is -0.310 e. The van der Waals surface area contributed by atoms with Crippen molar-refractivity contribution in [1.82, 2.24) is 5.32 Å². The van der Waals surface area contributed by atoms with Crippen molar-refractivity contribution in [2.45, 2.75) is 64.8 Å². The highest BCUT2D eigenvalue weighted by molar-refractivity contribution is 5.24. The molecular formula is C18H29N. The molecule has 1 N–H and O–H groups in total.